The number of aromatic nitrogens is 1. The van der Waals surface area contributed by atoms with Crippen LogP contribution in [0.5, 0.6) is 0 Å². The van der Waals surface area contributed by atoms with E-state index < -0.39 is 16.1 Å². The third kappa shape index (κ3) is 4.75. The van der Waals surface area contributed by atoms with E-state index in [4.69, 9.17) is 0 Å². The van der Waals surface area contributed by atoms with E-state index in [9.17, 15) is 18.3 Å². The Labute approximate surface area is 135 Å². The lowest BCUT2D eigenvalue weighted by molar-refractivity contribution is 0.156. The minimum Gasteiger partial charge on any atom is -0.390 e. The van der Waals surface area contributed by atoms with Gasteiger partial charge in [-0.2, -0.15) is 0 Å². The number of benzene rings is 1. The third-order valence-electron chi connectivity index (χ3n) is 3.46. The molecule has 124 valence electrons. The Morgan fingerprint density at radius 2 is 1.87 bits per heavy atom. The maximum absolute atomic E-state index is 12.2. The SMILES string of the molecule is CCc1ccc(S(=O)(=O)NCC(O)Cn2ccccc2=O)cc1. The molecule has 0 amide bonds. The number of hydrogen-bond acceptors (Lipinski definition) is 4. The van der Waals surface area contributed by atoms with Crippen molar-refractivity contribution in [2.75, 3.05) is 6.54 Å². The van der Waals surface area contributed by atoms with Crippen LogP contribution in [0.4, 0.5) is 0 Å². The van der Waals surface area contributed by atoms with E-state index in [1.807, 2.05) is 6.92 Å². The van der Waals surface area contributed by atoms with Crippen molar-refractivity contribution in [3.8, 4) is 0 Å². The number of hydrogen-bond donors (Lipinski definition) is 2. The van der Waals surface area contributed by atoms with Crippen molar-refractivity contribution in [2.45, 2.75) is 30.9 Å². The number of nitrogens with zero attached hydrogens (tertiary/aromatic N) is 1. The summed E-state index contributed by atoms with van der Waals surface area (Å²) in [6, 6.07) is 11.3. The van der Waals surface area contributed by atoms with Gasteiger partial charge in [-0.15, -0.1) is 0 Å². The molecule has 2 N–H and O–H groups in total. The summed E-state index contributed by atoms with van der Waals surface area (Å²) >= 11 is 0. The first kappa shape index (κ1) is 17.4. The van der Waals surface area contributed by atoms with Gasteiger partial charge in [0.25, 0.3) is 5.56 Å². The predicted molar refractivity (Wildman–Crippen MR) is 87.7 cm³/mol. The maximum Gasteiger partial charge on any atom is 0.250 e. The van der Waals surface area contributed by atoms with Crippen LogP contribution in [0.1, 0.15) is 12.5 Å². The van der Waals surface area contributed by atoms with Gasteiger partial charge in [0.2, 0.25) is 10.0 Å². The minimum absolute atomic E-state index is 0.0248. The van der Waals surface area contributed by atoms with E-state index in [1.165, 1.54) is 22.8 Å². The topological polar surface area (TPSA) is 88.4 Å². The Hall–Kier alpha value is -1.96. The molecule has 1 aromatic heterocycles. The molecule has 1 atom stereocenters. The second-order valence-electron chi connectivity index (χ2n) is 5.19. The predicted octanol–water partition coefficient (Wildman–Crippen LogP) is 0.750. The van der Waals surface area contributed by atoms with Gasteiger partial charge in [0, 0.05) is 18.8 Å². The largest absolute Gasteiger partial charge is 0.390 e. The van der Waals surface area contributed by atoms with E-state index >= 15 is 0 Å². The zero-order valence-electron chi connectivity index (χ0n) is 12.8. The average Bonchev–Trinajstić information content (AvgIpc) is 2.55. The molecule has 0 radical (unpaired) electrons. The lowest BCUT2D eigenvalue weighted by Gasteiger charge is -2.14. The second kappa shape index (κ2) is 7.54. The number of aryl methyl sites for hydroxylation is 1. The van der Waals surface area contributed by atoms with Gasteiger partial charge in [-0.3, -0.25) is 4.79 Å². The number of nitrogens with one attached hydrogen (secondary N) is 1. The highest BCUT2D eigenvalue weighted by Gasteiger charge is 2.16. The summed E-state index contributed by atoms with van der Waals surface area (Å²) in [5.41, 5.74) is 0.803. The molecule has 0 aliphatic rings. The highest BCUT2D eigenvalue weighted by Crippen LogP contribution is 2.10. The molecule has 1 heterocycles. The smallest absolute Gasteiger partial charge is 0.250 e. The van der Waals surface area contributed by atoms with Crippen LogP contribution in [0.25, 0.3) is 0 Å². The molecule has 6 nitrogen and oxygen atoms in total. The monoisotopic (exact) mass is 336 g/mol. The van der Waals surface area contributed by atoms with E-state index in [1.54, 1.807) is 30.5 Å². The Balaban J connectivity index is 1.98. The fourth-order valence-corrected chi connectivity index (χ4v) is 3.17. The fraction of sp³-hybridized carbons (Fsp3) is 0.312. The van der Waals surface area contributed by atoms with Gasteiger partial charge >= 0.3 is 0 Å². The first-order valence-corrected chi connectivity index (χ1v) is 8.83. The first-order valence-electron chi connectivity index (χ1n) is 7.34. The summed E-state index contributed by atoms with van der Waals surface area (Å²) in [6.45, 7) is 1.85. The Morgan fingerprint density at radius 3 is 2.48 bits per heavy atom. The van der Waals surface area contributed by atoms with Crippen LogP contribution in [0.3, 0.4) is 0 Å². The van der Waals surface area contributed by atoms with Crippen LogP contribution >= 0.6 is 0 Å². The van der Waals surface area contributed by atoms with Gasteiger partial charge in [-0.25, -0.2) is 13.1 Å². The van der Waals surface area contributed by atoms with Gasteiger partial charge in [-0.05, 0) is 30.2 Å². The summed E-state index contributed by atoms with van der Waals surface area (Å²) in [7, 11) is -3.68. The molecule has 2 aromatic rings. The molecule has 0 fully saturated rings. The Kier molecular flexibility index (Phi) is 5.70. The van der Waals surface area contributed by atoms with Gasteiger partial charge in [0.05, 0.1) is 17.5 Å². The molecule has 23 heavy (non-hydrogen) atoms. The van der Waals surface area contributed by atoms with Crippen molar-refractivity contribution in [2.24, 2.45) is 0 Å². The highest BCUT2D eigenvalue weighted by molar-refractivity contribution is 7.89. The molecule has 0 bridgehead atoms. The number of sulfonamides is 1. The minimum atomic E-state index is -3.68. The average molecular weight is 336 g/mol. The Morgan fingerprint density at radius 1 is 1.17 bits per heavy atom. The summed E-state index contributed by atoms with van der Waals surface area (Å²) < 4.78 is 28.0. The summed E-state index contributed by atoms with van der Waals surface area (Å²) in [6.07, 6.45) is 1.38. The van der Waals surface area contributed by atoms with Crippen molar-refractivity contribution in [3.63, 3.8) is 0 Å². The molecule has 7 heteroatoms. The van der Waals surface area contributed by atoms with Crippen molar-refractivity contribution in [1.82, 2.24) is 9.29 Å². The maximum atomic E-state index is 12.2. The van der Waals surface area contributed by atoms with Crippen LogP contribution in [-0.2, 0) is 23.0 Å². The third-order valence-corrected chi connectivity index (χ3v) is 4.90. The van der Waals surface area contributed by atoms with E-state index in [2.05, 4.69) is 4.72 Å². The standard InChI is InChI=1S/C16H20N2O4S/c1-2-13-6-8-15(9-7-13)23(21,22)17-11-14(19)12-18-10-4-3-5-16(18)20/h3-10,14,17,19H,2,11-12H2,1H3. The van der Waals surface area contributed by atoms with Crippen molar-refractivity contribution < 1.29 is 13.5 Å². The summed E-state index contributed by atoms with van der Waals surface area (Å²) in [5, 5.41) is 9.93. The van der Waals surface area contributed by atoms with Crippen molar-refractivity contribution >= 4 is 10.0 Å². The number of aliphatic hydroxyl groups is 1. The molecule has 0 spiro atoms. The van der Waals surface area contributed by atoms with Crippen LogP contribution in [0, 0.1) is 0 Å². The summed E-state index contributed by atoms with van der Waals surface area (Å²) in [5.74, 6) is 0. The summed E-state index contributed by atoms with van der Waals surface area (Å²) in [4.78, 5) is 11.7. The molecular weight excluding hydrogens is 316 g/mol. The Bertz CT molecular complexity index is 797. The lowest BCUT2D eigenvalue weighted by Crippen LogP contribution is -2.36. The molecule has 0 aliphatic carbocycles. The van der Waals surface area contributed by atoms with E-state index in [-0.39, 0.29) is 23.5 Å². The molecule has 2 rings (SSSR count). The number of aliphatic hydroxyl groups excluding tert-OH is 1. The van der Waals surface area contributed by atoms with E-state index in [0.29, 0.717) is 0 Å². The van der Waals surface area contributed by atoms with Crippen LogP contribution in [0.15, 0.2) is 58.4 Å². The first-order chi connectivity index (χ1) is 10.9. The zero-order chi connectivity index (χ0) is 16.9. The molecule has 1 unspecified atom stereocenters. The van der Waals surface area contributed by atoms with Crippen molar-refractivity contribution in [3.05, 3.63) is 64.6 Å². The molecule has 1 aromatic carbocycles. The number of pyridine rings is 1. The molecule has 0 saturated heterocycles. The zero-order valence-corrected chi connectivity index (χ0v) is 13.7. The van der Waals surface area contributed by atoms with Crippen LogP contribution in [0.2, 0.25) is 0 Å². The molecular formula is C16H20N2O4S. The number of rotatable bonds is 7. The van der Waals surface area contributed by atoms with Gasteiger partial charge in [-0.1, -0.05) is 25.1 Å². The fourth-order valence-electron chi connectivity index (χ4n) is 2.10. The molecule has 0 saturated carbocycles. The highest BCUT2D eigenvalue weighted by atomic mass is 32.2. The molecule has 0 aliphatic heterocycles. The van der Waals surface area contributed by atoms with Crippen molar-refractivity contribution in [1.29, 1.82) is 0 Å². The van der Waals surface area contributed by atoms with Gasteiger partial charge in [0.15, 0.2) is 0 Å². The second-order valence-corrected chi connectivity index (χ2v) is 6.96. The van der Waals surface area contributed by atoms with Gasteiger partial charge in [0.1, 0.15) is 0 Å². The van der Waals surface area contributed by atoms with E-state index in [0.717, 1.165) is 12.0 Å². The quantitative estimate of drug-likeness (QED) is 0.781. The van der Waals surface area contributed by atoms with Gasteiger partial charge < -0.3 is 9.67 Å². The lowest BCUT2D eigenvalue weighted by atomic mass is 10.2. The van der Waals surface area contributed by atoms with Crippen LogP contribution < -0.4 is 10.3 Å². The normalized spacial score (nSPS) is 13.0. The van der Waals surface area contributed by atoms with Crippen LogP contribution in [-0.4, -0.2) is 30.7 Å².